The summed E-state index contributed by atoms with van der Waals surface area (Å²) < 4.78 is 13.0. The van der Waals surface area contributed by atoms with E-state index in [0.29, 0.717) is 18.2 Å². The molecule has 1 amide bonds. The summed E-state index contributed by atoms with van der Waals surface area (Å²) in [5.41, 5.74) is 0.700. The Morgan fingerprint density at radius 2 is 1.88 bits per heavy atom. The molecule has 130 valence electrons. The molecule has 2 fully saturated rings. The van der Waals surface area contributed by atoms with Crippen molar-refractivity contribution >= 4 is 11.9 Å². The topological polar surface area (TPSA) is 88.3 Å². The van der Waals surface area contributed by atoms with Gasteiger partial charge in [0.05, 0.1) is 17.8 Å². The van der Waals surface area contributed by atoms with E-state index in [-0.39, 0.29) is 29.9 Å². The van der Waals surface area contributed by atoms with E-state index in [2.05, 4.69) is 10.2 Å². The van der Waals surface area contributed by atoms with Gasteiger partial charge in [-0.1, -0.05) is 0 Å². The average Bonchev–Trinajstić information content (AvgIpc) is 3.16. The summed E-state index contributed by atoms with van der Waals surface area (Å²) in [7, 11) is 0. The number of nitrogens with zero attached hydrogens (tertiary/aromatic N) is 4. The molecule has 2 heterocycles. The third-order valence-electron chi connectivity index (χ3n) is 4.97. The summed E-state index contributed by atoms with van der Waals surface area (Å²) >= 11 is 0. The molecule has 1 aliphatic heterocycles. The van der Waals surface area contributed by atoms with Gasteiger partial charge in [0.15, 0.2) is 5.69 Å². The van der Waals surface area contributed by atoms with Gasteiger partial charge in [-0.2, -0.15) is 9.90 Å². The summed E-state index contributed by atoms with van der Waals surface area (Å²) in [6.07, 6.45) is 3.43. The smallest absolute Gasteiger partial charge is 0.308 e. The van der Waals surface area contributed by atoms with Crippen LogP contribution < -0.4 is 0 Å². The Balaban J connectivity index is 1.51. The first-order chi connectivity index (χ1) is 12.0. The minimum absolute atomic E-state index is 0.0218. The Kier molecular flexibility index (Phi) is 3.74. The normalized spacial score (nSPS) is 23.0. The van der Waals surface area contributed by atoms with Gasteiger partial charge in [-0.25, -0.2) is 4.39 Å². The maximum Gasteiger partial charge on any atom is 0.308 e. The number of aromatic nitrogens is 3. The van der Waals surface area contributed by atoms with Crippen molar-refractivity contribution in [2.45, 2.75) is 12.8 Å². The molecule has 1 aromatic heterocycles. The number of carboxylic acids is 1. The molecule has 0 radical (unpaired) electrons. The molecule has 0 unspecified atom stereocenters. The molecule has 1 aromatic carbocycles. The van der Waals surface area contributed by atoms with E-state index in [9.17, 15) is 19.1 Å². The van der Waals surface area contributed by atoms with E-state index in [1.807, 2.05) is 0 Å². The van der Waals surface area contributed by atoms with Crippen LogP contribution in [-0.4, -0.2) is 50.0 Å². The zero-order valence-electron chi connectivity index (χ0n) is 13.4. The van der Waals surface area contributed by atoms with E-state index in [4.69, 9.17) is 0 Å². The van der Waals surface area contributed by atoms with Gasteiger partial charge in [-0.3, -0.25) is 9.59 Å². The Hall–Kier alpha value is -2.77. The van der Waals surface area contributed by atoms with Crippen LogP contribution in [-0.2, 0) is 4.79 Å². The second-order valence-electron chi connectivity index (χ2n) is 6.65. The van der Waals surface area contributed by atoms with Gasteiger partial charge in [0.2, 0.25) is 0 Å². The van der Waals surface area contributed by atoms with Crippen LogP contribution in [0.2, 0.25) is 0 Å². The van der Waals surface area contributed by atoms with Crippen LogP contribution in [0.5, 0.6) is 0 Å². The minimum atomic E-state index is -0.845. The molecule has 1 saturated heterocycles. The zero-order valence-corrected chi connectivity index (χ0v) is 13.4. The Labute approximate surface area is 143 Å². The lowest BCUT2D eigenvalue weighted by molar-refractivity contribution is -0.142. The zero-order chi connectivity index (χ0) is 17.6. The average molecular weight is 344 g/mol. The van der Waals surface area contributed by atoms with Crippen LogP contribution >= 0.6 is 0 Å². The van der Waals surface area contributed by atoms with Crippen molar-refractivity contribution in [1.82, 2.24) is 19.9 Å². The van der Waals surface area contributed by atoms with Crippen LogP contribution in [0.25, 0.3) is 5.69 Å². The van der Waals surface area contributed by atoms with E-state index in [0.717, 1.165) is 12.8 Å². The van der Waals surface area contributed by atoms with Gasteiger partial charge in [0.1, 0.15) is 5.82 Å². The second-order valence-corrected chi connectivity index (χ2v) is 6.65. The minimum Gasteiger partial charge on any atom is -0.481 e. The lowest BCUT2D eigenvalue weighted by Crippen LogP contribution is -2.30. The SMILES string of the molecule is O=C(O)[C@H]1CN(C(=O)c2cnn(-c3ccc(F)cc3)n2)C[C@@H]1C1CC1. The monoisotopic (exact) mass is 344 g/mol. The largest absolute Gasteiger partial charge is 0.481 e. The van der Waals surface area contributed by atoms with Gasteiger partial charge in [-0.05, 0) is 48.9 Å². The van der Waals surface area contributed by atoms with Gasteiger partial charge in [-0.15, -0.1) is 5.10 Å². The van der Waals surface area contributed by atoms with Gasteiger partial charge >= 0.3 is 5.97 Å². The Bertz CT molecular complexity index is 816. The summed E-state index contributed by atoms with van der Waals surface area (Å²) in [4.78, 5) is 26.9. The van der Waals surface area contributed by atoms with Crippen LogP contribution in [0.3, 0.4) is 0 Å². The van der Waals surface area contributed by atoms with E-state index in [1.165, 1.54) is 35.3 Å². The van der Waals surface area contributed by atoms with Crippen molar-refractivity contribution in [3.63, 3.8) is 0 Å². The number of carbonyl (C=O) groups excluding carboxylic acids is 1. The highest BCUT2D eigenvalue weighted by atomic mass is 19.1. The Morgan fingerprint density at radius 3 is 2.52 bits per heavy atom. The van der Waals surface area contributed by atoms with E-state index in [1.54, 1.807) is 4.90 Å². The Morgan fingerprint density at radius 1 is 1.16 bits per heavy atom. The number of aliphatic carboxylic acids is 1. The summed E-state index contributed by atoms with van der Waals surface area (Å²) in [5.74, 6) is -1.61. The number of carboxylic acid groups (broad SMARTS) is 1. The molecular weight excluding hydrogens is 327 g/mol. The first-order valence-electron chi connectivity index (χ1n) is 8.23. The number of rotatable bonds is 4. The quantitative estimate of drug-likeness (QED) is 0.910. The fourth-order valence-electron chi connectivity index (χ4n) is 3.48. The fourth-order valence-corrected chi connectivity index (χ4v) is 3.48. The molecule has 2 atom stereocenters. The molecule has 0 spiro atoms. The highest BCUT2D eigenvalue weighted by Crippen LogP contribution is 2.44. The summed E-state index contributed by atoms with van der Waals surface area (Å²) in [6, 6.07) is 5.61. The number of amides is 1. The molecule has 2 aromatic rings. The molecule has 7 nitrogen and oxygen atoms in total. The fraction of sp³-hybridized carbons (Fsp3) is 0.412. The molecule has 1 N–H and O–H groups in total. The third-order valence-corrected chi connectivity index (χ3v) is 4.97. The predicted octanol–water partition coefficient (Wildman–Crippen LogP) is 1.59. The molecule has 2 aliphatic rings. The first kappa shape index (κ1) is 15.7. The van der Waals surface area contributed by atoms with E-state index >= 15 is 0 Å². The number of benzene rings is 1. The molecule has 8 heteroatoms. The highest BCUT2D eigenvalue weighted by Gasteiger charge is 2.47. The van der Waals surface area contributed by atoms with Gasteiger partial charge in [0.25, 0.3) is 5.91 Å². The predicted molar refractivity (Wildman–Crippen MR) is 84.6 cm³/mol. The van der Waals surface area contributed by atoms with Crippen molar-refractivity contribution < 1.29 is 19.1 Å². The van der Waals surface area contributed by atoms with Crippen LogP contribution in [0.1, 0.15) is 23.3 Å². The molecule has 4 rings (SSSR count). The molecule has 0 bridgehead atoms. The maximum absolute atomic E-state index is 13.0. The van der Waals surface area contributed by atoms with Gasteiger partial charge in [0, 0.05) is 13.1 Å². The lowest BCUT2D eigenvalue weighted by Gasteiger charge is -2.14. The van der Waals surface area contributed by atoms with Crippen molar-refractivity contribution in [1.29, 1.82) is 0 Å². The van der Waals surface area contributed by atoms with Crippen LogP contribution in [0.15, 0.2) is 30.5 Å². The second kappa shape index (κ2) is 5.94. The van der Waals surface area contributed by atoms with Crippen molar-refractivity contribution in [2.75, 3.05) is 13.1 Å². The highest BCUT2D eigenvalue weighted by molar-refractivity contribution is 5.92. The van der Waals surface area contributed by atoms with Gasteiger partial charge < -0.3 is 10.0 Å². The first-order valence-corrected chi connectivity index (χ1v) is 8.23. The summed E-state index contributed by atoms with van der Waals surface area (Å²) in [6.45, 7) is 0.655. The third kappa shape index (κ3) is 2.99. The number of carbonyl (C=O) groups is 2. The number of halogens is 1. The van der Waals surface area contributed by atoms with Crippen molar-refractivity contribution in [3.8, 4) is 5.69 Å². The summed E-state index contributed by atoms with van der Waals surface area (Å²) in [5, 5.41) is 17.6. The molecule has 25 heavy (non-hydrogen) atoms. The standard InChI is InChI=1S/C17H17FN4O3/c18-11-3-5-12(6-4-11)22-19-7-15(20-22)16(23)21-8-13(10-1-2-10)14(9-21)17(24)25/h3-7,10,13-14H,1-2,8-9H2,(H,24,25)/t13-,14+/m1/s1. The molecule has 1 aliphatic carbocycles. The number of hydrogen-bond acceptors (Lipinski definition) is 4. The number of likely N-dealkylation sites (tertiary alicyclic amines) is 1. The number of hydrogen-bond donors (Lipinski definition) is 1. The molecular formula is C17H17FN4O3. The van der Waals surface area contributed by atoms with Crippen LogP contribution in [0.4, 0.5) is 4.39 Å². The lowest BCUT2D eigenvalue weighted by atomic mass is 9.92. The maximum atomic E-state index is 13.0. The van der Waals surface area contributed by atoms with Crippen molar-refractivity contribution in [2.24, 2.45) is 17.8 Å². The van der Waals surface area contributed by atoms with E-state index < -0.39 is 11.9 Å². The molecule has 1 saturated carbocycles. The van der Waals surface area contributed by atoms with Crippen molar-refractivity contribution in [3.05, 3.63) is 42.0 Å². The van der Waals surface area contributed by atoms with Crippen LogP contribution in [0, 0.1) is 23.6 Å².